The molecule has 1 amide bonds. The molecule has 0 bridgehead atoms. The Morgan fingerprint density at radius 1 is 1.62 bits per heavy atom. The molecule has 1 aromatic heterocycles. The number of rotatable bonds is 0. The van der Waals surface area contributed by atoms with Crippen molar-refractivity contribution in [3.8, 4) is 0 Å². The molecule has 2 heterocycles. The van der Waals surface area contributed by atoms with Gasteiger partial charge in [-0.2, -0.15) is 0 Å². The maximum absolute atomic E-state index is 10.9. The molecule has 2 rings (SSSR count). The minimum Gasteiger partial charge on any atom is -0.465 e. The van der Waals surface area contributed by atoms with Crippen LogP contribution in [0.15, 0.2) is 12.4 Å². The first-order chi connectivity index (χ1) is 6.03. The number of carbonyl (C=O) groups is 1. The van der Waals surface area contributed by atoms with Crippen LogP contribution in [0.25, 0.3) is 0 Å². The number of amides is 1. The summed E-state index contributed by atoms with van der Waals surface area (Å²) in [6.07, 6.45) is 2.87. The molecule has 0 radical (unpaired) electrons. The number of H-pyrrole nitrogens is 1. The number of aromatic nitrogens is 1. The highest BCUT2D eigenvalue weighted by molar-refractivity contribution is 5.68. The van der Waals surface area contributed by atoms with Gasteiger partial charge in [-0.25, -0.2) is 4.79 Å². The van der Waals surface area contributed by atoms with E-state index in [0.717, 1.165) is 11.1 Å². The smallest absolute Gasteiger partial charge is 0.408 e. The Kier molecular flexibility index (Phi) is 1.43. The summed E-state index contributed by atoms with van der Waals surface area (Å²) in [6.45, 7) is 4.32. The average Bonchev–Trinajstić information content (AvgIpc) is 2.52. The van der Waals surface area contributed by atoms with Crippen molar-refractivity contribution in [3.63, 3.8) is 0 Å². The van der Waals surface area contributed by atoms with E-state index in [-0.39, 0.29) is 0 Å². The Labute approximate surface area is 76.2 Å². The SMILES string of the molecule is CC1(C)c2c[nH]cc2CN1C(=O)O. The van der Waals surface area contributed by atoms with Crippen LogP contribution in [-0.4, -0.2) is 21.1 Å². The third-order valence-electron chi connectivity index (χ3n) is 2.72. The summed E-state index contributed by atoms with van der Waals surface area (Å²) in [4.78, 5) is 15.3. The highest BCUT2D eigenvalue weighted by atomic mass is 16.4. The monoisotopic (exact) mass is 180 g/mol. The van der Waals surface area contributed by atoms with Crippen LogP contribution in [0, 0.1) is 0 Å². The van der Waals surface area contributed by atoms with Crippen LogP contribution in [-0.2, 0) is 12.1 Å². The molecule has 0 spiro atoms. The lowest BCUT2D eigenvalue weighted by Gasteiger charge is -2.29. The molecular formula is C9H12N2O2. The first-order valence-corrected chi connectivity index (χ1v) is 4.20. The lowest BCUT2D eigenvalue weighted by atomic mass is 9.98. The molecule has 0 saturated carbocycles. The fourth-order valence-corrected chi connectivity index (χ4v) is 1.92. The second-order valence-electron chi connectivity index (χ2n) is 3.82. The summed E-state index contributed by atoms with van der Waals surface area (Å²) in [5.41, 5.74) is 1.75. The van der Waals surface area contributed by atoms with E-state index in [1.165, 1.54) is 4.90 Å². The standard InChI is InChI=1S/C9H12N2O2/c1-9(2)7-4-10-3-6(7)5-11(9)8(12)13/h3-4,10H,5H2,1-2H3,(H,12,13). The molecule has 4 heteroatoms. The summed E-state index contributed by atoms with van der Waals surface area (Å²) in [5.74, 6) is 0. The van der Waals surface area contributed by atoms with Crippen LogP contribution >= 0.6 is 0 Å². The van der Waals surface area contributed by atoms with E-state index >= 15 is 0 Å². The zero-order chi connectivity index (χ0) is 9.64. The molecular weight excluding hydrogens is 168 g/mol. The third-order valence-corrected chi connectivity index (χ3v) is 2.72. The topological polar surface area (TPSA) is 56.3 Å². The molecule has 0 aromatic carbocycles. The van der Waals surface area contributed by atoms with Gasteiger partial charge in [-0.3, -0.25) is 4.90 Å². The number of fused-ring (bicyclic) bond motifs is 1. The summed E-state index contributed by atoms with van der Waals surface area (Å²) >= 11 is 0. The first kappa shape index (κ1) is 8.16. The van der Waals surface area contributed by atoms with Gasteiger partial charge in [0, 0.05) is 12.4 Å². The second kappa shape index (κ2) is 2.28. The Bertz CT molecular complexity index is 354. The van der Waals surface area contributed by atoms with Gasteiger partial charge in [-0.1, -0.05) is 0 Å². The van der Waals surface area contributed by atoms with Gasteiger partial charge >= 0.3 is 6.09 Å². The molecule has 2 N–H and O–H groups in total. The molecule has 0 fully saturated rings. The second-order valence-corrected chi connectivity index (χ2v) is 3.82. The maximum atomic E-state index is 10.9. The van der Waals surface area contributed by atoms with Crippen molar-refractivity contribution in [2.24, 2.45) is 0 Å². The van der Waals surface area contributed by atoms with Crippen LogP contribution in [0.2, 0.25) is 0 Å². The Morgan fingerprint density at radius 3 is 2.85 bits per heavy atom. The van der Waals surface area contributed by atoms with E-state index in [1.807, 2.05) is 26.2 Å². The first-order valence-electron chi connectivity index (χ1n) is 4.20. The molecule has 0 aliphatic carbocycles. The number of nitrogens with zero attached hydrogens (tertiary/aromatic N) is 1. The minimum absolute atomic E-state index is 0.402. The molecule has 0 saturated heterocycles. The molecule has 70 valence electrons. The van der Waals surface area contributed by atoms with Crippen LogP contribution in [0.4, 0.5) is 4.79 Å². The lowest BCUT2D eigenvalue weighted by molar-refractivity contribution is 0.0993. The quantitative estimate of drug-likeness (QED) is 0.639. The lowest BCUT2D eigenvalue weighted by Crippen LogP contribution is -2.39. The summed E-state index contributed by atoms with van der Waals surface area (Å²) in [5, 5.41) is 8.96. The van der Waals surface area contributed by atoms with E-state index in [4.69, 9.17) is 5.11 Å². The number of aromatic amines is 1. The summed E-state index contributed by atoms with van der Waals surface area (Å²) < 4.78 is 0. The normalized spacial score (nSPS) is 18.8. The van der Waals surface area contributed by atoms with Crippen LogP contribution < -0.4 is 0 Å². The van der Waals surface area contributed by atoms with Crippen molar-refractivity contribution >= 4 is 6.09 Å². The van der Waals surface area contributed by atoms with Crippen molar-refractivity contribution in [1.82, 2.24) is 9.88 Å². The number of hydrogen-bond donors (Lipinski definition) is 2. The fourth-order valence-electron chi connectivity index (χ4n) is 1.92. The molecule has 0 unspecified atom stereocenters. The highest BCUT2D eigenvalue weighted by Crippen LogP contribution is 2.38. The van der Waals surface area contributed by atoms with Crippen molar-refractivity contribution < 1.29 is 9.90 Å². The van der Waals surface area contributed by atoms with Gasteiger partial charge in [0.05, 0.1) is 12.1 Å². The predicted molar refractivity (Wildman–Crippen MR) is 47.4 cm³/mol. The van der Waals surface area contributed by atoms with Crippen molar-refractivity contribution in [2.75, 3.05) is 0 Å². The molecule has 0 atom stereocenters. The Hall–Kier alpha value is -1.45. The molecule has 4 nitrogen and oxygen atoms in total. The van der Waals surface area contributed by atoms with Crippen LogP contribution in [0.5, 0.6) is 0 Å². The Balaban J connectivity index is 2.45. The largest absolute Gasteiger partial charge is 0.465 e. The molecule has 1 aliphatic heterocycles. The zero-order valence-corrected chi connectivity index (χ0v) is 7.66. The minimum atomic E-state index is -0.860. The predicted octanol–water partition coefficient (Wildman–Crippen LogP) is 1.74. The maximum Gasteiger partial charge on any atom is 0.408 e. The summed E-state index contributed by atoms with van der Waals surface area (Å²) in [6, 6.07) is 0. The van der Waals surface area contributed by atoms with Crippen molar-refractivity contribution in [1.29, 1.82) is 0 Å². The molecule has 13 heavy (non-hydrogen) atoms. The van der Waals surface area contributed by atoms with Crippen LogP contribution in [0.1, 0.15) is 25.0 Å². The van der Waals surface area contributed by atoms with Crippen molar-refractivity contribution in [3.05, 3.63) is 23.5 Å². The van der Waals surface area contributed by atoms with Gasteiger partial charge < -0.3 is 10.1 Å². The van der Waals surface area contributed by atoms with E-state index in [2.05, 4.69) is 4.98 Å². The van der Waals surface area contributed by atoms with Gasteiger partial charge in [-0.05, 0) is 25.0 Å². The molecule has 1 aliphatic rings. The average molecular weight is 180 g/mol. The number of carboxylic acid groups (broad SMARTS) is 1. The van der Waals surface area contributed by atoms with Crippen molar-refractivity contribution in [2.45, 2.75) is 25.9 Å². The summed E-state index contributed by atoms with van der Waals surface area (Å²) in [7, 11) is 0. The number of hydrogen-bond acceptors (Lipinski definition) is 1. The van der Waals surface area contributed by atoms with Gasteiger partial charge in [0.2, 0.25) is 0 Å². The van der Waals surface area contributed by atoms with E-state index in [0.29, 0.717) is 6.54 Å². The van der Waals surface area contributed by atoms with Crippen LogP contribution in [0.3, 0.4) is 0 Å². The number of nitrogens with one attached hydrogen (secondary N) is 1. The molecule has 1 aromatic rings. The van der Waals surface area contributed by atoms with Gasteiger partial charge in [-0.15, -0.1) is 0 Å². The van der Waals surface area contributed by atoms with Gasteiger partial charge in [0.15, 0.2) is 0 Å². The van der Waals surface area contributed by atoms with Gasteiger partial charge in [0.25, 0.3) is 0 Å². The highest BCUT2D eigenvalue weighted by Gasteiger charge is 2.40. The zero-order valence-electron chi connectivity index (χ0n) is 7.66. The van der Waals surface area contributed by atoms with E-state index in [1.54, 1.807) is 0 Å². The van der Waals surface area contributed by atoms with Gasteiger partial charge in [0.1, 0.15) is 0 Å². The Morgan fingerprint density at radius 2 is 2.31 bits per heavy atom. The van der Waals surface area contributed by atoms with E-state index < -0.39 is 11.6 Å². The fraction of sp³-hybridized carbons (Fsp3) is 0.444. The third kappa shape index (κ3) is 0.946. The van der Waals surface area contributed by atoms with E-state index in [9.17, 15) is 4.79 Å².